The lowest BCUT2D eigenvalue weighted by molar-refractivity contribution is -0.141. The minimum atomic E-state index is -0.966. The number of benzene rings is 2. The number of piperidine rings is 1. The average molecular weight is 447 g/mol. The van der Waals surface area contributed by atoms with Crippen LogP contribution in [-0.2, 0) is 11.2 Å². The molecule has 0 aliphatic carbocycles. The van der Waals surface area contributed by atoms with Crippen molar-refractivity contribution in [2.24, 2.45) is 5.92 Å². The van der Waals surface area contributed by atoms with Crippen LogP contribution in [0.3, 0.4) is 0 Å². The molecule has 0 unspecified atom stereocenters. The maximum Gasteiger partial charge on any atom is 0.251 e. The lowest BCUT2D eigenvalue weighted by atomic mass is 9.90. The van der Waals surface area contributed by atoms with Crippen LogP contribution >= 0.6 is 0 Å². The highest BCUT2D eigenvalue weighted by atomic mass is 16.5. The summed E-state index contributed by atoms with van der Waals surface area (Å²) in [6.07, 6.45) is 3.47. The topological polar surface area (TPSA) is 101 Å². The van der Waals surface area contributed by atoms with Crippen LogP contribution in [0, 0.1) is 5.92 Å². The van der Waals surface area contributed by atoms with Crippen molar-refractivity contribution in [1.29, 1.82) is 0 Å². The van der Waals surface area contributed by atoms with Gasteiger partial charge >= 0.3 is 0 Å². The number of amides is 1. The van der Waals surface area contributed by atoms with Gasteiger partial charge in [0.1, 0.15) is 23.4 Å². The number of aliphatic hydroxyl groups excluding tert-OH is 1. The molecule has 0 bridgehead atoms. The molecule has 1 saturated heterocycles. The zero-order valence-electron chi connectivity index (χ0n) is 18.8. The second kappa shape index (κ2) is 10.4. The number of carbonyl (C=O) groups excluding carboxylic acids is 1. The van der Waals surface area contributed by atoms with Crippen LogP contribution in [0.2, 0.25) is 0 Å². The van der Waals surface area contributed by atoms with Gasteiger partial charge in [-0.25, -0.2) is 4.98 Å². The summed E-state index contributed by atoms with van der Waals surface area (Å²) in [5.41, 5.74) is 8.95. The van der Waals surface area contributed by atoms with E-state index < -0.39 is 6.10 Å². The molecule has 1 aromatic heterocycles. The normalized spacial score (nSPS) is 16.8. The molecule has 1 aliphatic heterocycles. The van der Waals surface area contributed by atoms with E-state index in [0.29, 0.717) is 24.8 Å². The zero-order valence-corrected chi connectivity index (χ0v) is 18.8. The number of aliphatic hydroxyl groups is 1. The van der Waals surface area contributed by atoms with Crippen molar-refractivity contribution in [3.05, 3.63) is 72.4 Å². The Hall–Kier alpha value is -3.58. The van der Waals surface area contributed by atoms with Gasteiger partial charge in [0, 0.05) is 25.0 Å². The predicted molar refractivity (Wildman–Crippen MR) is 130 cm³/mol. The molecule has 3 aromatic rings. The number of para-hydroxylation sites is 1. The fourth-order valence-corrected chi connectivity index (χ4v) is 4.22. The molecule has 172 valence electrons. The van der Waals surface area contributed by atoms with Gasteiger partial charge in [0.15, 0.2) is 0 Å². The van der Waals surface area contributed by atoms with Gasteiger partial charge in [-0.2, -0.15) is 0 Å². The van der Waals surface area contributed by atoms with E-state index >= 15 is 0 Å². The number of hydrogen-bond acceptors (Lipinski definition) is 6. The summed E-state index contributed by atoms with van der Waals surface area (Å²) < 4.78 is 5.86. The van der Waals surface area contributed by atoms with Crippen molar-refractivity contribution in [1.82, 2.24) is 9.88 Å². The number of carbonyl (C=O) groups is 1. The average Bonchev–Trinajstić information content (AvgIpc) is 2.83. The lowest BCUT2D eigenvalue weighted by Crippen LogP contribution is -2.44. The number of nitrogens with two attached hydrogens (primary N) is 1. The Morgan fingerprint density at radius 1 is 1.18 bits per heavy atom. The third-order valence-corrected chi connectivity index (χ3v) is 5.87. The summed E-state index contributed by atoms with van der Waals surface area (Å²) in [6, 6.07) is 19.3. The number of hydrogen-bond donors (Lipinski definition) is 3. The van der Waals surface area contributed by atoms with Gasteiger partial charge in [-0.1, -0.05) is 18.2 Å². The Labute approximate surface area is 194 Å². The molecule has 4 rings (SSSR count). The summed E-state index contributed by atoms with van der Waals surface area (Å²) >= 11 is 0. The third-order valence-electron chi connectivity index (χ3n) is 5.87. The second-order valence-electron chi connectivity index (χ2n) is 8.47. The van der Waals surface area contributed by atoms with Crippen LogP contribution in [0.5, 0.6) is 11.5 Å². The molecular formula is C26H30N4O3. The molecule has 1 amide bonds. The maximum atomic E-state index is 12.2. The summed E-state index contributed by atoms with van der Waals surface area (Å²) in [5.74, 6) is 2.06. The molecule has 0 spiro atoms. The van der Waals surface area contributed by atoms with E-state index in [0.717, 1.165) is 47.7 Å². The molecule has 1 fully saturated rings. The largest absolute Gasteiger partial charge is 0.457 e. The van der Waals surface area contributed by atoms with Gasteiger partial charge in [-0.05, 0) is 80.1 Å². The fourth-order valence-electron chi connectivity index (χ4n) is 4.22. The highest BCUT2D eigenvalue weighted by Crippen LogP contribution is 2.31. The molecular weight excluding hydrogens is 416 g/mol. The summed E-state index contributed by atoms with van der Waals surface area (Å²) in [7, 11) is 0. The monoisotopic (exact) mass is 446 g/mol. The highest BCUT2D eigenvalue weighted by Gasteiger charge is 2.26. The number of nitrogens with one attached hydrogen (secondary N) is 1. The van der Waals surface area contributed by atoms with Crippen LogP contribution < -0.4 is 15.8 Å². The Morgan fingerprint density at radius 3 is 2.64 bits per heavy atom. The number of nitrogen functional groups attached to an aromatic ring is 1. The minimum Gasteiger partial charge on any atom is -0.457 e. The molecule has 2 heterocycles. The predicted octanol–water partition coefficient (Wildman–Crippen LogP) is 4.36. The van der Waals surface area contributed by atoms with E-state index in [9.17, 15) is 9.90 Å². The van der Waals surface area contributed by atoms with Gasteiger partial charge in [0.2, 0.25) is 0 Å². The van der Waals surface area contributed by atoms with Gasteiger partial charge in [0.05, 0.1) is 5.69 Å². The van der Waals surface area contributed by atoms with E-state index in [4.69, 9.17) is 10.5 Å². The first-order valence-corrected chi connectivity index (χ1v) is 11.3. The Kier molecular flexibility index (Phi) is 7.10. The summed E-state index contributed by atoms with van der Waals surface area (Å²) in [4.78, 5) is 18.3. The van der Waals surface area contributed by atoms with Crippen LogP contribution in [0.25, 0.3) is 0 Å². The third kappa shape index (κ3) is 5.81. The minimum absolute atomic E-state index is 0.204. The van der Waals surface area contributed by atoms with Crippen LogP contribution in [-0.4, -0.2) is 40.1 Å². The maximum absolute atomic E-state index is 12.2. The first-order valence-electron chi connectivity index (χ1n) is 11.3. The van der Waals surface area contributed by atoms with E-state index in [2.05, 4.69) is 10.3 Å². The number of rotatable bonds is 7. The van der Waals surface area contributed by atoms with Gasteiger partial charge in [-0.15, -0.1) is 0 Å². The van der Waals surface area contributed by atoms with E-state index in [1.54, 1.807) is 11.1 Å². The Balaban J connectivity index is 1.45. The van der Waals surface area contributed by atoms with Gasteiger partial charge < -0.3 is 25.8 Å². The summed E-state index contributed by atoms with van der Waals surface area (Å²) in [6.45, 7) is 2.85. The van der Waals surface area contributed by atoms with Crippen molar-refractivity contribution in [2.75, 3.05) is 24.1 Å². The van der Waals surface area contributed by atoms with Crippen molar-refractivity contribution in [2.45, 2.75) is 32.3 Å². The number of ether oxygens (including phenoxy) is 1. The quantitative estimate of drug-likeness (QED) is 0.499. The number of likely N-dealkylation sites (tertiary alicyclic amines) is 1. The SMILES string of the molecule is C[C@@H](O)C(=O)N1CCC[C@@H](Cc2ccnc(N)c2Nc2ccc(Oc3ccccc3)cc2)C1. The Morgan fingerprint density at radius 2 is 1.91 bits per heavy atom. The molecule has 7 heteroatoms. The van der Waals surface area contributed by atoms with E-state index in [-0.39, 0.29) is 5.91 Å². The van der Waals surface area contributed by atoms with Crippen molar-refractivity contribution in [3.8, 4) is 11.5 Å². The van der Waals surface area contributed by atoms with Crippen LogP contribution in [0.15, 0.2) is 66.9 Å². The van der Waals surface area contributed by atoms with Gasteiger partial charge in [-0.3, -0.25) is 4.79 Å². The molecule has 0 saturated carbocycles. The number of anilines is 3. The molecule has 33 heavy (non-hydrogen) atoms. The zero-order chi connectivity index (χ0) is 23.2. The van der Waals surface area contributed by atoms with E-state index in [1.165, 1.54) is 6.92 Å². The fraction of sp³-hybridized carbons (Fsp3) is 0.308. The molecule has 1 aliphatic rings. The molecule has 4 N–H and O–H groups in total. The molecule has 2 aromatic carbocycles. The molecule has 0 radical (unpaired) electrons. The van der Waals surface area contributed by atoms with E-state index in [1.807, 2.05) is 60.7 Å². The summed E-state index contributed by atoms with van der Waals surface area (Å²) in [5, 5.41) is 13.1. The number of nitrogens with zero attached hydrogens (tertiary/aromatic N) is 2. The number of pyridine rings is 1. The first kappa shape index (κ1) is 22.6. The van der Waals surface area contributed by atoms with Crippen LogP contribution in [0.4, 0.5) is 17.2 Å². The van der Waals surface area contributed by atoms with Crippen molar-refractivity contribution >= 4 is 23.1 Å². The standard InChI is InChI=1S/C26H30N4O3/c1-18(31)26(32)30-15-5-6-19(17-30)16-20-13-14-28-25(27)24(20)29-21-9-11-23(12-10-21)33-22-7-3-2-4-8-22/h2-4,7-14,18-19,29,31H,5-6,15-17H2,1H3,(H2,27,28)/t18-,19+/m1/s1. The first-order chi connectivity index (χ1) is 16.0. The van der Waals surface area contributed by atoms with Crippen molar-refractivity contribution < 1.29 is 14.6 Å². The second-order valence-corrected chi connectivity index (χ2v) is 8.47. The highest BCUT2D eigenvalue weighted by molar-refractivity contribution is 5.80. The van der Waals surface area contributed by atoms with Crippen LogP contribution in [0.1, 0.15) is 25.3 Å². The molecule has 7 nitrogen and oxygen atoms in total. The lowest BCUT2D eigenvalue weighted by Gasteiger charge is -2.34. The number of aromatic nitrogens is 1. The Bertz CT molecular complexity index is 1070. The van der Waals surface area contributed by atoms with Gasteiger partial charge in [0.25, 0.3) is 5.91 Å². The van der Waals surface area contributed by atoms with Crippen molar-refractivity contribution in [3.63, 3.8) is 0 Å². The smallest absolute Gasteiger partial charge is 0.251 e. The molecule has 2 atom stereocenters.